The van der Waals surface area contributed by atoms with Gasteiger partial charge in [-0.15, -0.1) is 0 Å². The third-order valence-electron chi connectivity index (χ3n) is 2.83. The fourth-order valence-electron chi connectivity index (χ4n) is 1.87. The van der Waals surface area contributed by atoms with E-state index in [1.165, 1.54) is 24.3 Å². The maximum atomic E-state index is 11.9. The first-order valence-corrected chi connectivity index (χ1v) is 8.22. The lowest BCUT2D eigenvalue weighted by molar-refractivity contribution is -0.684. The van der Waals surface area contributed by atoms with Crippen LogP contribution in [-0.2, 0) is 26.2 Å². The number of amides is 2. The molecule has 0 spiro atoms. The highest BCUT2D eigenvalue weighted by Gasteiger charge is 2.15. The Morgan fingerprint density at radius 1 is 1.04 bits per heavy atom. The number of anilines is 1. The minimum atomic E-state index is -3.87. The minimum Gasteiger partial charge on any atom is -0.321 e. The first-order valence-electron chi connectivity index (χ1n) is 6.74. The van der Waals surface area contributed by atoms with Gasteiger partial charge in [0.25, 0.3) is 15.9 Å². The van der Waals surface area contributed by atoms with Crippen molar-refractivity contribution < 1.29 is 22.6 Å². The number of hydrogen-bond donors (Lipinski definition) is 2. The summed E-state index contributed by atoms with van der Waals surface area (Å²) in [7, 11) is -3.87. The molecule has 0 aliphatic rings. The van der Waals surface area contributed by atoms with E-state index in [2.05, 4.69) is 5.32 Å². The molecule has 7 nitrogen and oxygen atoms in total. The van der Waals surface area contributed by atoms with Gasteiger partial charge < -0.3 is 5.32 Å². The molecule has 0 saturated heterocycles. The van der Waals surface area contributed by atoms with E-state index >= 15 is 0 Å². The molecule has 0 saturated carbocycles. The molecule has 1 aromatic heterocycles. The van der Waals surface area contributed by atoms with Gasteiger partial charge in [0.05, 0.1) is 4.90 Å². The van der Waals surface area contributed by atoms with Crippen molar-refractivity contribution in [2.75, 3.05) is 5.32 Å². The van der Waals surface area contributed by atoms with Crippen LogP contribution >= 0.6 is 0 Å². The number of nitrogens with one attached hydrogen (secondary N) is 2. The fourth-order valence-corrected chi connectivity index (χ4v) is 2.86. The van der Waals surface area contributed by atoms with Crippen LogP contribution in [0.15, 0.2) is 59.8 Å². The lowest BCUT2D eigenvalue weighted by atomic mass is 10.3. The van der Waals surface area contributed by atoms with E-state index in [1.807, 2.05) is 22.9 Å². The van der Waals surface area contributed by atoms with Gasteiger partial charge in [-0.1, -0.05) is 6.07 Å². The molecule has 120 valence electrons. The second kappa shape index (κ2) is 7.01. The van der Waals surface area contributed by atoms with Crippen LogP contribution in [0.4, 0.5) is 5.69 Å². The molecule has 8 heteroatoms. The lowest BCUT2D eigenvalue weighted by Crippen LogP contribution is -2.39. The van der Waals surface area contributed by atoms with Crippen LogP contribution in [-0.4, -0.2) is 20.2 Å². The monoisotopic (exact) mass is 334 g/mol. The van der Waals surface area contributed by atoms with Crippen LogP contribution in [0.3, 0.4) is 0 Å². The largest absolute Gasteiger partial charge is 0.321 e. The van der Waals surface area contributed by atoms with Crippen LogP contribution in [0.1, 0.15) is 6.92 Å². The molecule has 2 N–H and O–H groups in total. The highest BCUT2D eigenvalue weighted by Crippen LogP contribution is 2.13. The van der Waals surface area contributed by atoms with E-state index < -0.39 is 15.9 Å². The molecule has 0 aliphatic carbocycles. The van der Waals surface area contributed by atoms with Gasteiger partial charge in [-0.25, -0.2) is 13.1 Å². The molecule has 0 bridgehead atoms. The Kier molecular flexibility index (Phi) is 5.07. The van der Waals surface area contributed by atoms with Crippen LogP contribution in [0, 0.1) is 0 Å². The number of rotatable bonds is 5. The third-order valence-corrected chi connectivity index (χ3v) is 4.28. The van der Waals surface area contributed by atoms with E-state index in [0.29, 0.717) is 5.69 Å². The Balaban J connectivity index is 2.03. The number of sulfonamides is 1. The Hall–Kier alpha value is -2.74. The molecule has 0 unspecified atom stereocenters. The average Bonchev–Trinajstić information content (AvgIpc) is 2.47. The predicted octanol–water partition coefficient (Wildman–Crippen LogP) is 0.438. The summed E-state index contributed by atoms with van der Waals surface area (Å²) in [5, 5.41) is 2.67. The van der Waals surface area contributed by atoms with Crippen molar-refractivity contribution in [1.29, 1.82) is 0 Å². The number of carbonyl (C=O) groups is 2. The highest BCUT2D eigenvalue weighted by molar-refractivity contribution is 7.90. The zero-order valence-corrected chi connectivity index (χ0v) is 13.2. The third kappa shape index (κ3) is 4.89. The van der Waals surface area contributed by atoms with E-state index in [1.54, 1.807) is 17.0 Å². The molecular formula is C15H16N3O4S+. The van der Waals surface area contributed by atoms with Gasteiger partial charge in [0.15, 0.2) is 12.4 Å². The molecule has 2 amide bonds. The molecule has 23 heavy (non-hydrogen) atoms. The van der Waals surface area contributed by atoms with Crippen LogP contribution in [0.2, 0.25) is 0 Å². The van der Waals surface area contributed by atoms with Crippen LogP contribution in [0.5, 0.6) is 0 Å². The lowest BCUT2D eigenvalue weighted by Gasteiger charge is -2.06. The van der Waals surface area contributed by atoms with Gasteiger partial charge in [0, 0.05) is 24.7 Å². The molecule has 2 rings (SSSR count). The van der Waals surface area contributed by atoms with Crippen LogP contribution in [0.25, 0.3) is 0 Å². The maximum absolute atomic E-state index is 11.9. The summed E-state index contributed by atoms with van der Waals surface area (Å²) in [6, 6.07) is 11.0. The Bertz CT molecular complexity index is 802. The zero-order valence-electron chi connectivity index (χ0n) is 12.4. The van der Waals surface area contributed by atoms with Crippen molar-refractivity contribution in [3.63, 3.8) is 0 Å². The number of carbonyl (C=O) groups excluding carboxylic acids is 2. The predicted molar refractivity (Wildman–Crippen MR) is 82.7 cm³/mol. The highest BCUT2D eigenvalue weighted by atomic mass is 32.2. The first kappa shape index (κ1) is 16.6. The van der Waals surface area contributed by atoms with Gasteiger partial charge in [-0.3, -0.25) is 9.59 Å². The second-order valence-electron chi connectivity index (χ2n) is 4.78. The van der Waals surface area contributed by atoms with E-state index in [-0.39, 0.29) is 17.3 Å². The molecule has 2 aromatic rings. The smallest absolute Gasteiger partial charge is 0.290 e. The van der Waals surface area contributed by atoms with E-state index in [9.17, 15) is 18.0 Å². The number of pyridine rings is 1. The molecular weight excluding hydrogens is 318 g/mol. The summed E-state index contributed by atoms with van der Waals surface area (Å²) >= 11 is 0. The van der Waals surface area contributed by atoms with Crippen molar-refractivity contribution >= 4 is 27.5 Å². The summed E-state index contributed by atoms with van der Waals surface area (Å²) in [4.78, 5) is 22.7. The van der Waals surface area contributed by atoms with Gasteiger partial charge in [0.2, 0.25) is 12.5 Å². The standard InChI is InChI=1S/C15H15N3O4S/c1-12(19)17-23(21,22)14-7-5-13(6-8-14)16-15(20)11-18-9-3-2-4-10-18/h2-10H,11H2,1H3,(H-,16,17,19,20)/p+1. The number of aromatic nitrogens is 1. The molecule has 0 fully saturated rings. The van der Waals surface area contributed by atoms with E-state index in [4.69, 9.17) is 0 Å². The molecule has 1 heterocycles. The van der Waals surface area contributed by atoms with Crippen molar-refractivity contribution in [2.45, 2.75) is 18.4 Å². The van der Waals surface area contributed by atoms with Gasteiger partial charge >= 0.3 is 0 Å². The Morgan fingerprint density at radius 2 is 1.65 bits per heavy atom. The summed E-state index contributed by atoms with van der Waals surface area (Å²) < 4.78 is 27.2. The zero-order chi connectivity index (χ0) is 16.9. The fraction of sp³-hybridized carbons (Fsp3) is 0.133. The Morgan fingerprint density at radius 3 is 2.22 bits per heavy atom. The summed E-state index contributed by atoms with van der Waals surface area (Å²) in [6.45, 7) is 1.26. The summed E-state index contributed by atoms with van der Waals surface area (Å²) in [5.74, 6) is -0.902. The normalized spacial score (nSPS) is 10.8. The summed E-state index contributed by atoms with van der Waals surface area (Å²) in [6.07, 6.45) is 3.53. The van der Waals surface area contributed by atoms with Crippen molar-refractivity contribution in [2.24, 2.45) is 0 Å². The average molecular weight is 334 g/mol. The number of nitrogens with zero attached hydrogens (tertiary/aromatic N) is 1. The van der Waals surface area contributed by atoms with Crippen molar-refractivity contribution in [3.05, 3.63) is 54.9 Å². The minimum absolute atomic E-state index is 0.0527. The quantitative estimate of drug-likeness (QED) is 0.776. The first-order chi connectivity index (χ1) is 10.9. The molecule has 0 radical (unpaired) electrons. The molecule has 1 aromatic carbocycles. The number of hydrogen-bond acceptors (Lipinski definition) is 4. The maximum Gasteiger partial charge on any atom is 0.290 e. The topological polar surface area (TPSA) is 96.2 Å². The SMILES string of the molecule is CC(=O)NS(=O)(=O)c1ccc(NC(=O)C[n+]2ccccc2)cc1. The number of benzene rings is 1. The van der Waals surface area contributed by atoms with Crippen LogP contribution < -0.4 is 14.6 Å². The van der Waals surface area contributed by atoms with Gasteiger partial charge in [-0.2, -0.15) is 4.57 Å². The molecule has 0 aliphatic heterocycles. The van der Waals surface area contributed by atoms with Gasteiger partial charge in [0.1, 0.15) is 0 Å². The van der Waals surface area contributed by atoms with Gasteiger partial charge in [-0.05, 0) is 24.3 Å². The van der Waals surface area contributed by atoms with Crippen molar-refractivity contribution in [3.8, 4) is 0 Å². The van der Waals surface area contributed by atoms with E-state index in [0.717, 1.165) is 6.92 Å². The second-order valence-corrected chi connectivity index (χ2v) is 6.46. The molecule has 0 atom stereocenters. The Labute approximate surface area is 134 Å². The summed E-state index contributed by atoms with van der Waals surface area (Å²) in [5.41, 5.74) is 0.466. The van der Waals surface area contributed by atoms with Crippen molar-refractivity contribution in [1.82, 2.24) is 4.72 Å².